The molecule has 1 saturated carbocycles. The zero-order valence-corrected chi connectivity index (χ0v) is 15.3. The Hall–Kier alpha value is -1.75. The Labute approximate surface area is 151 Å². The number of fused-ring (bicyclic) bond motifs is 1. The highest BCUT2D eigenvalue weighted by molar-refractivity contribution is 7.17. The van der Waals surface area contributed by atoms with E-state index >= 15 is 0 Å². The van der Waals surface area contributed by atoms with Gasteiger partial charge in [0.1, 0.15) is 15.7 Å². The first-order valence-electron chi connectivity index (χ1n) is 9.14. The van der Waals surface area contributed by atoms with Gasteiger partial charge in [-0.1, -0.05) is 19.3 Å². The Kier molecular flexibility index (Phi) is 4.59. The van der Waals surface area contributed by atoms with Crippen molar-refractivity contribution in [1.29, 1.82) is 0 Å². The summed E-state index contributed by atoms with van der Waals surface area (Å²) in [6, 6.07) is 6.30. The normalized spacial score (nSPS) is 23.4. The van der Waals surface area contributed by atoms with Crippen LogP contribution >= 0.6 is 11.3 Å². The molecule has 1 aromatic carbocycles. The molecule has 1 aliphatic heterocycles. The van der Waals surface area contributed by atoms with Crippen LogP contribution in [-0.4, -0.2) is 28.9 Å². The topological polar surface area (TPSA) is 33.2 Å². The zero-order chi connectivity index (χ0) is 17.4. The molecule has 0 bridgehead atoms. The summed E-state index contributed by atoms with van der Waals surface area (Å²) in [5.41, 5.74) is 1.64. The Balaban J connectivity index is 1.53. The van der Waals surface area contributed by atoms with Gasteiger partial charge in [0, 0.05) is 18.7 Å². The fourth-order valence-corrected chi connectivity index (χ4v) is 5.28. The average molecular weight is 358 g/mol. The van der Waals surface area contributed by atoms with E-state index in [0.717, 1.165) is 46.6 Å². The maximum absolute atomic E-state index is 13.1. The van der Waals surface area contributed by atoms with Crippen LogP contribution in [0.15, 0.2) is 24.3 Å². The molecule has 0 spiro atoms. The van der Waals surface area contributed by atoms with E-state index in [9.17, 15) is 9.18 Å². The number of nitrogens with zero attached hydrogens (tertiary/aromatic N) is 2. The number of piperidine rings is 1. The van der Waals surface area contributed by atoms with Crippen molar-refractivity contribution in [2.45, 2.75) is 39.0 Å². The van der Waals surface area contributed by atoms with E-state index in [2.05, 4.69) is 4.98 Å². The van der Waals surface area contributed by atoms with E-state index in [4.69, 9.17) is 0 Å². The summed E-state index contributed by atoms with van der Waals surface area (Å²) in [4.78, 5) is 20.3. The molecule has 1 amide bonds. The molecule has 3 nitrogen and oxygen atoms in total. The van der Waals surface area contributed by atoms with Crippen molar-refractivity contribution >= 4 is 17.2 Å². The predicted molar refractivity (Wildman–Crippen MR) is 98.2 cm³/mol. The van der Waals surface area contributed by atoms with Crippen LogP contribution in [0.5, 0.6) is 0 Å². The Morgan fingerprint density at radius 3 is 2.64 bits per heavy atom. The summed E-state index contributed by atoms with van der Waals surface area (Å²) in [5.74, 6) is 1.35. The van der Waals surface area contributed by atoms with Crippen LogP contribution in [0.1, 0.15) is 47.5 Å². The van der Waals surface area contributed by atoms with Crippen molar-refractivity contribution in [3.63, 3.8) is 0 Å². The largest absolute Gasteiger partial charge is 0.338 e. The minimum atomic E-state index is -0.260. The highest BCUT2D eigenvalue weighted by Gasteiger charge is 2.34. The molecule has 2 atom stereocenters. The molecule has 25 heavy (non-hydrogen) atoms. The lowest BCUT2D eigenvalue weighted by Crippen LogP contribution is -2.44. The Bertz CT molecular complexity index is 771. The molecule has 2 aromatic rings. The number of hydrogen-bond acceptors (Lipinski definition) is 3. The van der Waals surface area contributed by atoms with Crippen LogP contribution in [0.4, 0.5) is 4.39 Å². The molecule has 2 heterocycles. The molecule has 4 rings (SSSR count). The van der Waals surface area contributed by atoms with Crippen molar-refractivity contribution in [3.8, 4) is 10.6 Å². The van der Waals surface area contributed by atoms with E-state index in [-0.39, 0.29) is 11.7 Å². The molecule has 1 saturated heterocycles. The lowest BCUT2D eigenvalue weighted by Gasteiger charge is -2.41. The van der Waals surface area contributed by atoms with Crippen molar-refractivity contribution in [3.05, 3.63) is 40.7 Å². The average Bonchev–Trinajstić information content (AvgIpc) is 3.03. The van der Waals surface area contributed by atoms with E-state index in [0.29, 0.717) is 5.92 Å². The second kappa shape index (κ2) is 6.87. The first kappa shape index (κ1) is 16.7. The third-order valence-corrected chi connectivity index (χ3v) is 6.85. The lowest BCUT2D eigenvalue weighted by atomic mass is 9.75. The number of thiazole rings is 1. The van der Waals surface area contributed by atoms with Gasteiger partial charge in [0.2, 0.25) is 0 Å². The third kappa shape index (κ3) is 3.34. The molecule has 1 aromatic heterocycles. The van der Waals surface area contributed by atoms with Crippen LogP contribution in [0.3, 0.4) is 0 Å². The minimum Gasteiger partial charge on any atom is -0.338 e. The van der Waals surface area contributed by atoms with Crippen LogP contribution in [0, 0.1) is 24.6 Å². The van der Waals surface area contributed by atoms with E-state index in [1.54, 1.807) is 12.1 Å². The standard InChI is InChI=1S/C20H23FN2OS/c1-13-18(25-19(22-13)15-6-8-17(21)9-7-15)20(24)23-11-10-14-4-2-3-5-16(14)12-23/h6-9,14,16H,2-5,10-12H2,1H3/t14-,16-/m1/s1. The highest BCUT2D eigenvalue weighted by Crippen LogP contribution is 2.37. The number of halogens is 1. The van der Waals surface area contributed by atoms with Crippen molar-refractivity contribution in [2.24, 2.45) is 11.8 Å². The molecule has 0 unspecified atom stereocenters. The number of benzene rings is 1. The van der Waals surface area contributed by atoms with Gasteiger partial charge in [0.05, 0.1) is 5.69 Å². The summed E-state index contributed by atoms with van der Waals surface area (Å²) in [6.07, 6.45) is 6.39. The minimum absolute atomic E-state index is 0.118. The maximum atomic E-state index is 13.1. The number of rotatable bonds is 2. The zero-order valence-electron chi connectivity index (χ0n) is 14.5. The van der Waals surface area contributed by atoms with E-state index in [1.165, 1.54) is 49.2 Å². The number of amides is 1. The summed E-state index contributed by atoms with van der Waals surface area (Å²) in [5, 5.41) is 0.786. The van der Waals surface area contributed by atoms with Gasteiger partial charge in [-0.15, -0.1) is 11.3 Å². The molecular weight excluding hydrogens is 335 g/mol. The third-order valence-electron chi connectivity index (χ3n) is 5.66. The number of hydrogen-bond donors (Lipinski definition) is 0. The Morgan fingerprint density at radius 1 is 1.16 bits per heavy atom. The van der Waals surface area contributed by atoms with Gasteiger partial charge in [0.15, 0.2) is 0 Å². The first-order valence-corrected chi connectivity index (χ1v) is 9.96. The number of carbonyl (C=O) groups excluding carboxylic acids is 1. The van der Waals surface area contributed by atoms with Crippen LogP contribution < -0.4 is 0 Å². The molecule has 0 N–H and O–H groups in total. The maximum Gasteiger partial charge on any atom is 0.265 e. The first-order chi connectivity index (χ1) is 12.1. The van der Waals surface area contributed by atoms with Gasteiger partial charge in [-0.2, -0.15) is 0 Å². The second-order valence-corrected chi connectivity index (χ2v) is 8.28. The van der Waals surface area contributed by atoms with Crippen LogP contribution in [0.2, 0.25) is 0 Å². The monoisotopic (exact) mass is 358 g/mol. The number of likely N-dealkylation sites (tertiary alicyclic amines) is 1. The van der Waals surface area contributed by atoms with Gasteiger partial charge in [-0.25, -0.2) is 9.37 Å². The molecule has 1 aliphatic carbocycles. The summed E-state index contributed by atoms with van der Waals surface area (Å²) >= 11 is 1.42. The summed E-state index contributed by atoms with van der Waals surface area (Å²) in [6.45, 7) is 3.65. The van der Waals surface area contributed by atoms with Gasteiger partial charge in [0.25, 0.3) is 5.91 Å². The molecule has 0 radical (unpaired) electrons. The predicted octanol–water partition coefficient (Wildman–Crippen LogP) is 4.91. The van der Waals surface area contributed by atoms with Crippen molar-refractivity contribution in [1.82, 2.24) is 9.88 Å². The number of aromatic nitrogens is 1. The quantitative estimate of drug-likeness (QED) is 0.764. The van der Waals surface area contributed by atoms with Crippen molar-refractivity contribution in [2.75, 3.05) is 13.1 Å². The SMILES string of the molecule is Cc1nc(-c2ccc(F)cc2)sc1C(=O)N1CC[C@H]2CCCC[C@@H]2C1. The molecular formula is C20H23FN2OS. The smallest absolute Gasteiger partial charge is 0.265 e. The summed E-state index contributed by atoms with van der Waals surface area (Å²) in [7, 11) is 0. The highest BCUT2D eigenvalue weighted by atomic mass is 32.1. The van der Waals surface area contributed by atoms with Crippen LogP contribution in [0.25, 0.3) is 10.6 Å². The van der Waals surface area contributed by atoms with Gasteiger partial charge in [-0.3, -0.25) is 4.79 Å². The van der Waals surface area contributed by atoms with Gasteiger partial charge >= 0.3 is 0 Å². The van der Waals surface area contributed by atoms with Gasteiger partial charge in [-0.05, 0) is 55.9 Å². The van der Waals surface area contributed by atoms with Crippen LogP contribution in [-0.2, 0) is 0 Å². The fourth-order valence-electron chi connectivity index (χ4n) is 4.24. The summed E-state index contributed by atoms with van der Waals surface area (Å²) < 4.78 is 13.1. The fraction of sp³-hybridized carbons (Fsp3) is 0.500. The molecule has 5 heteroatoms. The van der Waals surface area contributed by atoms with E-state index < -0.39 is 0 Å². The second-order valence-electron chi connectivity index (χ2n) is 7.28. The lowest BCUT2D eigenvalue weighted by molar-refractivity contribution is 0.0524. The van der Waals surface area contributed by atoms with E-state index in [1.807, 2.05) is 11.8 Å². The van der Waals surface area contributed by atoms with Gasteiger partial charge < -0.3 is 4.90 Å². The number of aryl methyl sites for hydroxylation is 1. The number of carbonyl (C=O) groups is 1. The molecule has 132 valence electrons. The van der Waals surface area contributed by atoms with Crippen molar-refractivity contribution < 1.29 is 9.18 Å². The molecule has 2 aliphatic rings. The molecule has 2 fully saturated rings. The Morgan fingerprint density at radius 2 is 1.88 bits per heavy atom.